The summed E-state index contributed by atoms with van der Waals surface area (Å²) in [6, 6.07) is -0.248. The van der Waals surface area contributed by atoms with E-state index in [4.69, 9.17) is 5.11 Å². The lowest BCUT2D eigenvalue weighted by Crippen LogP contribution is -2.39. The highest BCUT2D eigenvalue weighted by Crippen LogP contribution is 2.23. The molecule has 0 aromatic heterocycles. The van der Waals surface area contributed by atoms with Crippen molar-refractivity contribution < 1.29 is 24.6 Å². The van der Waals surface area contributed by atoms with Gasteiger partial charge in [0.05, 0.1) is 12.5 Å². The van der Waals surface area contributed by atoms with Gasteiger partial charge in [0.2, 0.25) is 5.91 Å². The van der Waals surface area contributed by atoms with Gasteiger partial charge in [0.15, 0.2) is 0 Å². The summed E-state index contributed by atoms with van der Waals surface area (Å²) in [5.74, 6) is -0.741. The zero-order chi connectivity index (χ0) is 17.1. The number of amides is 3. The normalized spacial score (nSPS) is 20.6. The van der Waals surface area contributed by atoms with Gasteiger partial charge in [-0.25, -0.2) is 4.79 Å². The molecule has 8 heteroatoms. The van der Waals surface area contributed by atoms with Crippen LogP contribution in [0.5, 0.6) is 0 Å². The average molecular weight is 329 g/mol. The molecule has 0 aliphatic heterocycles. The quantitative estimate of drug-likeness (QED) is 0.386. The van der Waals surface area contributed by atoms with Gasteiger partial charge in [0.1, 0.15) is 0 Å². The highest BCUT2D eigenvalue weighted by Gasteiger charge is 2.19. The maximum atomic E-state index is 11.6. The lowest BCUT2D eigenvalue weighted by atomic mass is 9.87. The third kappa shape index (κ3) is 9.72. The largest absolute Gasteiger partial charge is 0.481 e. The molecule has 1 saturated carbocycles. The molecule has 1 aliphatic rings. The maximum Gasteiger partial charge on any atom is 0.314 e. The van der Waals surface area contributed by atoms with Crippen molar-refractivity contribution in [1.82, 2.24) is 16.0 Å². The molecule has 0 saturated heterocycles. The summed E-state index contributed by atoms with van der Waals surface area (Å²) in [6.07, 6.45) is 3.92. The van der Waals surface area contributed by atoms with E-state index in [1.54, 1.807) is 0 Å². The van der Waals surface area contributed by atoms with E-state index in [1.165, 1.54) is 0 Å². The number of aliphatic carboxylic acids is 1. The van der Waals surface area contributed by atoms with E-state index in [-0.39, 0.29) is 37.4 Å². The van der Waals surface area contributed by atoms with E-state index in [2.05, 4.69) is 16.0 Å². The van der Waals surface area contributed by atoms with Gasteiger partial charge in [-0.1, -0.05) is 0 Å². The van der Waals surface area contributed by atoms with Crippen LogP contribution in [0.2, 0.25) is 0 Å². The van der Waals surface area contributed by atoms with E-state index >= 15 is 0 Å². The topological polar surface area (TPSA) is 128 Å². The van der Waals surface area contributed by atoms with Crippen LogP contribution in [0.1, 0.15) is 44.9 Å². The van der Waals surface area contributed by atoms with Crippen LogP contribution >= 0.6 is 0 Å². The van der Waals surface area contributed by atoms with Crippen LogP contribution in [-0.2, 0) is 9.59 Å². The molecule has 0 unspecified atom stereocenters. The molecule has 5 N–H and O–H groups in total. The monoisotopic (exact) mass is 329 g/mol. The van der Waals surface area contributed by atoms with Gasteiger partial charge in [-0.05, 0) is 38.0 Å². The summed E-state index contributed by atoms with van der Waals surface area (Å²) in [4.78, 5) is 33.3. The fraction of sp³-hybridized carbons (Fsp3) is 0.800. The van der Waals surface area contributed by atoms with Crippen LogP contribution in [0.4, 0.5) is 4.79 Å². The molecular weight excluding hydrogens is 302 g/mol. The number of hydrogen-bond acceptors (Lipinski definition) is 4. The van der Waals surface area contributed by atoms with Crippen LogP contribution in [0.3, 0.4) is 0 Å². The molecule has 0 aromatic carbocycles. The fourth-order valence-electron chi connectivity index (χ4n) is 2.50. The van der Waals surface area contributed by atoms with Crippen molar-refractivity contribution in [2.75, 3.05) is 19.6 Å². The Morgan fingerprint density at radius 3 is 2.26 bits per heavy atom. The third-order valence-electron chi connectivity index (χ3n) is 3.89. The second-order valence-corrected chi connectivity index (χ2v) is 5.91. The van der Waals surface area contributed by atoms with E-state index in [1.807, 2.05) is 0 Å². The molecule has 8 nitrogen and oxygen atoms in total. The predicted octanol–water partition coefficient (Wildman–Crippen LogP) is 0.208. The van der Waals surface area contributed by atoms with Crippen molar-refractivity contribution >= 4 is 17.9 Å². The third-order valence-corrected chi connectivity index (χ3v) is 3.89. The number of carboxylic acid groups (broad SMARTS) is 1. The number of aliphatic hydroxyl groups excluding tert-OH is 1. The second kappa shape index (κ2) is 10.8. The number of carboxylic acids is 1. The van der Waals surface area contributed by atoms with Crippen LogP contribution in [0, 0.1) is 5.92 Å². The Kier molecular flexibility index (Phi) is 9.04. The smallest absolute Gasteiger partial charge is 0.314 e. The van der Waals surface area contributed by atoms with E-state index in [9.17, 15) is 19.5 Å². The Balaban J connectivity index is 1.97. The van der Waals surface area contributed by atoms with Crippen LogP contribution in [0.25, 0.3) is 0 Å². The zero-order valence-corrected chi connectivity index (χ0v) is 13.3. The number of hydrogen-bond donors (Lipinski definition) is 5. The molecule has 0 heterocycles. The Labute approximate surface area is 136 Å². The first-order valence-electron chi connectivity index (χ1n) is 8.15. The Bertz CT molecular complexity index is 395. The minimum atomic E-state index is -0.948. The Hall–Kier alpha value is -1.83. The first-order chi connectivity index (χ1) is 11.0. The minimum Gasteiger partial charge on any atom is -0.481 e. The van der Waals surface area contributed by atoms with Gasteiger partial charge >= 0.3 is 12.0 Å². The highest BCUT2D eigenvalue weighted by atomic mass is 16.4. The number of carbonyl (C=O) groups is 3. The molecular formula is C15H27N3O5. The Morgan fingerprint density at radius 1 is 0.913 bits per heavy atom. The van der Waals surface area contributed by atoms with Crippen molar-refractivity contribution in [3.63, 3.8) is 0 Å². The SMILES string of the molecule is O=C(O)CCNC(=O)CCCNC(=O)NCC1CCC(O)CC1. The summed E-state index contributed by atoms with van der Waals surface area (Å²) >= 11 is 0. The van der Waals surface area contributed by atoms with Crippen molar-refractivity contribution in [3.05, 3.63) is 0 Å². The van der Waals surface area contributed by atoms with Gasteiger partial charge < -0.3 is 26.2 Å². The molecule has 3 amide bonds. The fourth-order valence-corrected chi connectivity index (χ4v) is 2.50. The molecule has 1 rings (SSSR count). The molecule has 1 fully saturated rings. The summed E-state index contributed by atoms with van der Waals surface area (Å²) in [7, 11) is 0. The lowest BCUT2D eigenvalue weighted by molar-refractivity contribution is -0.136. The first-order valence-corrected chi connectivity index (χ1v) is 8.15. The summed E-state index contributed by atoms with van der Waals surface area (Å²) < 4.78 is 0. The van der Waals surface area contributed by atoms with Crippen LogP contribution in [-0.4, -0.2) is 53.9 Å². The molecule has 23 heavy (non-hydrogen) atoms. The van der Waals surface area contributed by atoms with Gasteiger partial charge in [0.25, 0.3) is 0 Å². The minimum absolute atomic E-state index is 0.0927. The molecule has 0 aromatic rings. The number of aliphatic hydroxyl groups is 1. The molecule has 0 atom stereocenters. The van der Waals surface area contributed by atoms with Crippen LogP contribution in [0.15, 0.2) is 0 Å². The number of rotatable bonds is 9. The van der Waals surface area contributed by atoms with E-state index in [0.717, 1.165) is 25.7 Å². The van der Waals surface area contributed by atoms with Gasteiger partial charge in [-0.15, -0.1) is 0 Å². The van der Waals surface area contributed by atoms with Gasteiger partial charge in [0, 0.05) is 26.1 Å². The van der Waals surface area contributed by atoms with Crippen LogP contribution < -0.4 is 16.0 Å². The highest BCUT2D eigenvalue weighted by molar-refractivity contribution is 5.77. The maximum absolute atomic E-state index is 11.6. The first kappa shape index (κ1) is 19.2. The average Bonchev–Trinajstić information content (AvgIpc) is 2.50. The molecule has 1 aliphatic carbocycles. The van der Waals surface area contributed by atoms with Crippen molar-refractivity contribution in [2.45, 2.75) is 51.0 Å². The molecule has 0 spiro atoms. The van der Waals surface area contributed by atoms with Gasteiger partial charge in [-0.2, -0.15) is 0 Å². The zero-order valence-electron chi connectivity index (χ0n) is 13.3. The Morgan fingerprint density at radius 2 is 1.61 bits per heavy atom. The number of nitrogens with one attached hydrogen (secondary N) is 3. The molecule has 132 valence electrons. The summed E-state index contributed by atoms with van der Waals surface area (Å²) in [5, 5.41) is 25.9. The number of carbonyl (C=O) groups excluding carboxylic acids is 2. The molecule has 0 bridgehead atoms. The standard InChI is InChI=1S/C15H27N3O5/c19-12-5-3-11(4-6-12)10-18-15(23)17-8-1-2-13(20)16-9-7-14(21)22/h11-12,19H,1-10H2,(H,16,20)(H,21,22)(H2,17,18,23). The van der Waals surface area contributed by atoms with Crippen molar-refractivity contribution in [1.29, 1.82) is 0 Å². The second-order valence-electron chi connectivity index (χ2n) is 5.91. The van der Waals surface area contributed by atoms with Crippen molar-refractivity contribution in [3.8, 4) is 0 Å². The lowest BCUT2D eigenvalue weighted by Gasteiger charge is -2.25. The molecule has 0 radical (unpaired) electrons. The van der Waals surface area contributed by atoms with Crippen molar-refractivity contribution in [2.24, 2.45) is 5.92 Å². The van der Waals surface area contributed by atoms with E-state index in [0.29, 0.717) is 25.4 Å². The number of urea groups is 1. The predicted molar refractivity (Wildman–Crippen MR) is 83.9 cm³/mol. The van der Waals surface area contributed by atoms with Gasteiger partial charge in [-0.3, -0.25) is 9.59 Å². The van der Waals surface area contributed by atoms with E-state index < -0.39 is 5.97 Å². The summed E-state index contributed by atoms with van der Waals surface area (Å²) in [5.41, 5.74) is 0. The summed E-state index contributed by atoms with van der Waals surface area (Å²) in [6.45, 7) is 1.12.